The number of nitrogens with zero attached hydrogens (tertiary/aromatic N) is 3. The fraction of sp³-hybridized carbons (Fsp3) is 0. The molecule has 0 N–H and O–H groups in total. The lowest BCUT2D eigenvalue weighted by atomic mass is 9.88. The van der Waals surface area contributed by atoms with Crippen molar-refractivity contribution in [3.63, 3.8) is 0 Å². The van der Waals surface area contributed by atoms with E-state index >= 15 is 0 Å². The summed E-state index contributed by atoms with van der Waals surface area (Å²) in [5.74, 6) is 0.650. The summed E-state index contributed by atoms with van der Waals surface area (Å²) in [6, 6.07) is 63.2. The molecule has 0 saturated heterocycles. The fourth-order valence-corrected chi connectivity index (χ4v) is 8.36. The van der Waals surface area contributed by atoms with Crippen molar-refractivity contribution in [3.8, 4) is 84.5 Å². The summed E-state index contributed by atoms with van der Waals surface area (Å²) in [6.45, 7) is 0. The number of nitriles is 1. The Morgan fingerprint density at radius 1 is 0.382 bits per heavy atom. The molecule has 0 radical (unpaired) electrons. The Hall–Kier alpha value is -7.61. The molecule has 11 rings (SSSR count). The number of para-hydroxylation sites is 1. The van der Waals surface area contributed by atoms with Gasteiger partial charge in [0.25, 0.3) is 0 Å². The molecule has 55 heavy (non-hydrogen) atoms. The van der Waals surface area contributed by atoms with Crippen LogP contribution in [0, 0.1) is 11.3 Å². The minimum atomic E-state index is 0.649. The first-order chi connectivity index (χ1) is 27.2. The van der Waals surface area contributed by atoms with Gasteiger partial charge in [-0.3, -0.25) is 0 Å². The maximum atomic E-state index is 9.51. The molecule has 0 atom stereocenters. The van der Waals surface area contributed by atoms with Gasteiger partial charge in [-0.15, -0.1) is 0 Å². The second kappa shape index (κ2) is 12.2. The number of aromatic nitrogens is 2. The molecule has 1 aliphatic rings. The minimum absolute atomic E-state index is 0.649. The molecule has 254 valence electrons. The zero-order chi connectivity index (χ0) is 36.5. The molecule has 0 fully saturated rings. The molecule has 0 saturated carbocycles. The first kappa shape index (κ1) is 31.0. The summed E-state index contributed by atoms with van der Waals surface area (Å²) < 4.78 is 6.25. The Morgan fingerprint density at radius 3 is 1.56 bits per heavy atom. The van der Waals surface area contributed by atoms with Crippen LogP contribution in [0.1, 0.15) is 5.56 Å². The van der Waals surface area contributed by atoms with Crippen LogP contribution in [0.4, 0.5) is 0 Å². The third-order valence-corrected chi connectivity index (χ3v) is 10.9. The molecule has 1 aliphatic carbocycles. The van der Waals surface area contributed by atoms with Gasteiger partial charge in [0.1, 0.15) is 11.2 Å². The van der Waals surface area contributed by atoms with Gasteiger partial charge in [-0.05, 0) is 85.6 Å². The van der Waals surface area contributed by atoms with Gasteiger partial charge < -0.3 is 4.42 Å². The Morgan fingerprint density at radius 2 is 0.891 bits per heavy atom. The standard InChI is InChI=1S/C51H29N3O/c52-30-31-17-19-32(20-18-31)36-25-27-40-38-11-4-5-12-39(38)41-28-26-37(49(36)50(40)41)33-21-23-35(24-22-33)45-29-44(34-9-2-1-3-10-34)53-51(54-45)43-14-8-16-47-48(43)42-13-6-7-15-46(42)55-47/h1-29H. The van der Waals surface area contributed by atoms with E-state index in [1.807, 2.05) is 60.7 Å². The van der Waals surface area contributed by atoms with Crippen molar-refractivity contribution in [2.24, 2.45) is 0 Å². The van der Waals surface area contributed by atoms with Gasteiger partial charge in [-0.1, -0.05) is 146 Å². The van der Waals surface area contributed by atoms with E-state index in [0.717, 1.165) is 72.3 Å². The number of hydrogen-bond acceptors (Lipinski definition) is 4. The van der Waals surface area contributed by atoms with Gasteiger partial charge >= 0.3 is 0 Å². The van der Waals surface area contributed by atoms with Gasteiger partial charge in [0.15, 0.2) is 5.82 Å². The van der Waals surface area contributed by atoms with Crippen molar-refractivity contribution in [1.82, 2.24) is 9.97 Å². The Bertz CT molecular complexity index is 3160. The van der Waals surface area contributed by atoms with Crippen LogP contribution in [-0.4, -0.2) is 9.97 Å². The van der Waals surface area contributed by atoms with Crippen LogP contribution in [0.3, 0.4) is 0 Å². The topological polar surface area (TPSA) is 62.7 Å². The highest BCUT2D eigenvalue weighted by atomic mass is 16.3. The predicted molar refractivity (Wildman–Crippen MR) is 223 cm³/mol. The molecule has 2 aromatic heterocycles. The minimum Gasteiger partial charge on any atom is -0.456 e. The summed E-state index contributed by atoms with van der Waals surface area (Å²) in [6.07, 6.45) is 0. The van der Waals surface area contributed by atoms with Gasteiger partial charge in [-0.25, -0.2) is 9.97 Å². The monoisotopic (exact) mass is 699 g/mol. The lowest BCUT2D eigenvalue weighted by Crippen LogP contribution is -1.96. The molecule has 0 unspecified atom stereocenters. The molecule has 0 amide bonds. The number of benzene rings is 8. The van der Waals surface area contributed by atoms with Crippen LogP contribution in [0.2, 0.25) is 0 Å². The molecule has 4 nitrogen and oxygen atoms in total. The second-order valence-electron chi connectivity index (χ2n) is 14.0. The van der Waals surface area contributed by atoms with E-state index in [0.29, 0.717) is 11.4 Å². The van der Waals surface area contributed by atoms with Gasteiger partial charge in [0.05, 0.1) is 23.0 Å². The average molecular weight is 700 g/mol. The molecule has 10 aromatic rings. The van der Waals surface area contributed by atoms with E-state index in [1.165, 1.54) is 33.0 Å². The smallest absolute Gasteiger partial charge is 0.161 e. The maximum absolute atomic E-state index is 9.51. The van der Waals surface area contributed by atoms with Crippen molar-refractivity contribution in [2.45, 2.75) is 0 Å². The second-order valence-corrected chi connectivity index (χ2v) is 14.0. The van der Waals surface area contributed by atoms with E-state index in [4.69, 9.17) is 14.4 Å². The van der Waals surface area contributed by atoms with E-state index in [-0.39, 0.29) is 0 Å². The molecular weight excluding hydrogens is 671 g/mol. The Balaban J connectivity index is 1.08. The van der Waals surface area contributed by atoms with Crippen molar-refractivity contribution in [1.29, 1.82) is 5.26 Å². The third-order valence-electron chi connectivity index (χ3n) is 10.9. The summed E-state index contributed by atoms with van der Waals surface area (Å²) in [5, 5.41) is 14.0. The van der Waals surface area contributed by atoms with Crippen molar-refractivity contribution < 1.29 is 4.42 Å². The third kappa shape index (κ3) is 4.91. The summed E-state index contributed by atoms with van der Waals surface area (Å²) in [7, 11) is 0. The van der Waals surface area contributed by atoms with Crippen LogP contribution in [0.25, 0.3) is 111 Å². The first-order valence-electron chi connectivity index (χ1n) is 18.4. The summed E-state index contributed by atoms with van der Waals surface area (Å²) in [4.78, 5) is 10.4. The van der Waals surface area contributed by atoms with Crippen LogP contribution < -0.4 is 0 Å². The van der Waals surface area contributed by atoms with E-state index < -0.39 is 0 Å². The van der Waals surface area contributed by atoms with E-state index in [1.54, 1.807) is 0 Å². The van der Waals surface area contributed by atoms with Crippen LogP contribution in [0.15, 0.2) is 180 Å². The van der Waals surface area contributed by atoms with Gasteiger partial charge in [-0.2, -0.15) is 5.26 Å². The lowest BCUT2D eigenvalue weighted by molar-refractivity contribution is 0.669. The Kier molecular flexibility index (Phi) is 6.89. The quantitative estimate of drug-likeness (QED) is 0.179. The lowest BCUT2D eigenvalue weighted by Gasteiger charge is -2.15. The highest BCUT2D eigenvalue weighted by Crippen LogP contribution is 2.52. The van der Waals surface area contributed by atoms with Gasteiger partial charge in [0, 0.05) is 27.5 Å². The Labute approximate surface area is 317 Å². The predicted octanol–water partition coefficient (Wildman–Crippen LogP) is 13.4. The summed E-state index contributed by atoms with van der Waals surface area (Å²) >= 11 is 0. The van der Waals surface area contributed by atoms with Crippen LogP contribution in [0.5, 0.6) is 0 Å². The van der Waals surface area contributed by atoms with Crippen LogP contribution >= 0.6 is 0 Å². The molecule has 8 aromatic carbocycles. The molecule has 0 aliphatic heterocycles. The molecule has 4 heteroatoms. The zero-order valence-corrected chi connectivity index (χ0v) is 29.5. The fourth-order valence-electron chi connectivity index (χ4n) is 8.36. The SMILES string of the molecule is N#Cc1ccc(-c2ccc3c4c(ccc(-c5ccc(-c6cc(-c7ccccc7)nc(-c7cccc8oc9ccccc9c78)n6)cc5)c24)-c2ccccc2-3)cc1. The van der Waals surface area contributed by atoms with Crippen molar-refractivity contribution >= 4 is 32.7 Å². The number of hydrogen-bond donors (Lipinski definition) is 0. The van der Waals surface area contributed by atoms with Crippen molar-refractivity contribution in [2.75, 3.05) is 0 Å². The van der Waals surface area contributed by atoms with Crippen molar-refractivity contribution in [3.05, 3.63) is 181 Å². The van der Waals surface area contributed by atoms with Gasteiger partial charge in [0.2, 0.25) is 0 Å². The maximum Gasteiger partial charge on any atom is 0.161 e. The summed E-state index contributed by atoms with van der Waals surface area (Å²) in [5.41, 5.74) is 16.5. The highest BCUT2D eigenvalue weighted by Gasteiger charge is 2.25. The highest BCUT2D eigenvalue weighted by molar-refractivity contribution is 6.22. The van der Waals surface area contributed by atoms with E-state index in [2.05, 4.69) is 121 Å². The number of fused-ring (bicyclic) bond motifs is 6. The number of rotatable bonds is 5. The average Bonchev–Trinajstić information content (AvgIpc) is 3.81. The van der Waals surface area contributed by atoms with Crippen LogP contribution in [-0.2, 0) is 0 Å². The normalized spacial score (nSPS) is 11.6. The molecule has 2 heterocycles. The zero-order valence-electron chi connectivity index (χ0n) is 29.5. The first-order valence-corrected chi connectivity index (χ1v) is 18.4. The van der Waals surface area contributed by atoms with E-state index in [9.17, 15) is 5.26 Å². The molecule has 0 spiro atoms. The molecule has 0 bridgehead atoms. The molecular formula is C51H29N3O. The number of furan rings is 1. The largest absolute Gasteiger partial charge is 0.456 e.